The molecule has 1 saturated heterocycles. The number of hydrogen-bond acceptors (Lipinski definition) is 2. The number of nitrogens with one attached hydrogen (secondary N) is 1. The molecule has 2 rings (SSSR count). The molecule has 5 nitrogen and oxygen atoms in total. The average molecular weight is 304 g/mol. The molecular weight excluding hydrogens is 280 g/mol. The molecule has 22 heavy (non-hydrogen) atoms. The summed E-state index contributed by atoms with van der Waals surface area (Å²) in [7, 11) is 0. The zero-order valence-corrected chi connectivity index (χ0v) is 13.0. The van der Waals surface area contributed by atoms with Gasteiger partial charge in [0.2, 0.25) is 0 Å². The van der Waals surface area contributed by atoms with Crippen LogP contribution in [-0.4, -0.2) is 35.1 Å². The number of piperidine rings is 1. The Hall–Kier alpha value is -2.04. The molecule has 0 saturated carbocycles. The van der Waals surface area contributed by atoms with Gasteiger partial charge in [-0.3, -0.25) is 4.79 Å². The number of carboxylic acid groups (broad SMARTS) is 1. The molecule has 0 aromatic heterocycles. The normalized spacial score (nSPS) is 21.4. The second-order valence-electron chi connectivity index (χ2n) is 5.99. The van der Waals surface area contributed by atoms with Gasteiger partial charge in [0.25, 0.3) is 0 Å². The van der Waals surface area contributed by atoms with E-state index in [1.54, 1.807) is 0 Å². The molecule has 0 radical (unpaired) electrons. The van der Waals surface area contributed by atoms with Crippen molar-refractivity contribution in [3.8, 4) is 0 Å². The first-order valence-electron chi connectivity index (χ1n) is 7.89. The van der Waals surface area contributed by atoms with Crippen molar-refractivity contribution in [1.29, 1.82) is 0 Å². The van der Waals surface area contributed by atoms with E-state index in [2.05, 4.69) is 24.4 Å². The minimum atomic E-state index is -0.831. The van der Waals surface area contributed by atoms with Gasteiger partial charge in [-0.15, -0.1) is 0 Å². The maximum absolute atomic E-state index is 12.4. The second-order valence-corrected chi connectivity index (χ2v) is 5.99. The number of amides is 2. The fourth-order valence-electron chi connectivity index (χ4n) is 2.94. The van der Waals surface area contributed by atoms with Crippen molar-refractivity contribution in [1.82, 2.24) is 10.2 Å². The van der Waals surface area contributed by atoms with E-state index in [1.165, 1.54) is 0 Å². The van der Waals surface area contributed by atoms with Gasteiger partial charge in [0.1, 0.15) is 0 Å². The lowest BCUT2D eigenvalue weighted by atomic mass is 9.90. The fraction of sp³-hybridized carbons (Fsp3) is 0.529. The maximum Gasteiger partial charge on any atom is 0.317 e. The molecule has 1 aromatic carbocycles. The van der Waals surface area contributed by atoms with Gasteiger partial charge >= 0.3 is 12.0 Å². The Morgan fingerprint density at radius 2 is 2.00 bits per heavy atom. The summed E-state index contributed by atoms with van der Waals surface area (Å²) >= 11 is 0. The fourth-order valence-corrected chi connectivity index (χ4v) is 2.94. The Balaban J connectivity index is 1.97. The van der Waals surface area contributed by atoms with Crippen LogP contribution >= 0.6 is 0 Å². The van der Waals surface area contributed by atoms with Gasteiger partial charge in [-0.2, -0.15) is 0 Å². The van der Waals surface area contributed by atoms with Crippen LogP contribution < -0.4 is 5.32 Å². The van der Waals surface area contributed by atoms with Crippen molar-refractivity contribution in [3.63, 3.8) is 0 Å². The van der Waals surface area contributed by atoms with E-state index in [4.69, 9.17) is 5.11 Å². The van der Waals surface area contributed by atoms with Crippen LogP contribution in [0.5, 0.6) is 0 Å². The number of nitrogens with zero attached hydrogens (tertiary/aromatic N) is 1. The molecule has 120 valence electrons. The predicted molar refractivity (Wildman–Crippen MR) is 84.6 cm³/mol. The summed E-state index contributed by atoms with van der Waals surface area (Å²) in [6, 6.07) is 10.1. The Bertz CT molecular complexity index is 504. The third kappa shape index (κ3) is 4.48. The first-order chi connectivity index (χ1) is 10.6. The van der Waals surface area contributed by atoms with Gasteiger partial charge in [0.15, 0.2) is 0 Å². The van der Waals surface area contributed by atoms with Crippen LogP contribution in [0.1, 0.15) is 44.2 Å². The number of carbonyl (C=O) groups excluding carboxylic acids is 1. The number of hydrogen-bond donors (Lipinski definition) is 2. The highest BCUT2D eigenvalue weighted by Gasteiger charge is 2.30. The summed E-state index contributed by atoms with van der Waals surface area (Å²) < 4.78 is 0. The van der Waals surface area contributed by atoms with E-state index in [-0.39, 0.29) is 18.5 Å². The number of aliphatic carboxylic acids is 1. The Morgan fingerprint density at radius 3 is 2.68 bits per heavy atom. The van der Waals surface area contributed by atoms with Gasteiger partial charge in [-0.25, -0.2) is 4.79 Å². The molecule has 2 N–H and O–H groups in total. The summed E-state index contributed by atoms with van der Waals surface area (Å²) in [5.41, 5.74) is 1.16. The third-order valence-corrected chi connectivity index (χ3v) is 4.11. The average Bonchev–Trinajstić information content (AvgIpc) is 2.52. The van der Waals surface area contributed by atoms with Gasteiger partial charge < -0.3 is 15.3 Å². The number of benzene rings is 1. The summed E-state index contributed by atoms with van der Waals surface area (Å²) in [5.74, 6) is -0.340. The lowest BCUT2D eigenvalue weighted by Crippen LogP contribution is -2.47. The molecule has 2 atom stereocenters. The molecule has 1 aliphatic heterocycles. The highest BCUT2D eigenvalue weighted by atomic mass is 16.4. The first kappa shape index (κ1) is 16.3. The largest absolute Gasteiger partial charge is 0.481 e. The minimum absolute atomic E-state index is 0.0821. The van der Waals surface area contributed by atoms with Crippen LogP contribution in [0.25, 0.3) is 0 Å². The van der Waals surface area contributed by atoms with Crippen molar-refractivity contribution < 1.29 is 14.7 Å². The van der Waals surface area contributed by atoms with Crippen molar-refractivity contribution in [2.24, 2.45) is 5.92 Å². The summed E-state index contributed by atoms with van der Waals surface area (Å²) in [6.07, 6.45) is 2.62. The standard InChI is InChI=1S/C17H24N2O3/c1-13-9-10-15(14-6-3-2-4-7-14)19(12-13)17(22)18-11-5-8-16(20)21/h2-4,6-7,13,15H,5,8-12H2,1H3,(H,18,22)(H,20,21). The molecule has 0 spiro atoms. The van der Waals surface area contributed by atoms with E-state index >= 15 is 0 Å². The lowest BCUT2D eigenvalue weighted by Gasteiger charge is -2.39. The highest BCUT2D eigenvalue weighted by molar-refractivity contribution is 5.75. The van der Waals surface area contributed by atoms with Crippen LogP contribution in [0, 0.1) is 5.92 Å². The van der Waals surface area contributed by atoms with Crippen molar-refractivity contribution in [3.05, 3.63) is 35.9 Å². The molecule has 2 unspecified atom stereocenters. The number of carbonyl (C=O) groups is 2. The SMILES string of the molecule is CC1CCC(c2ccccc2)N(C(=O)NCCCC(=O)O)C1. The molecule has 1 fully saturated rings. The molecule has 0 aliphatic carbocycles. The van der Waals surface area contributed by atoms with E-state index < -0.39 is 5.97 Å². The number of urea groups is 1. The van der Waals surface area contributed by atoms with Crippen molar-refractivity contribution in [2.45, 2.75) is 38.6 Å². The van der Waals surface area contributed by atoms with Crippen LogP contribution in [0.15, 0.2) is 30.3 Å². The smallest absolute Gasteiger partial charge is 0.317 e. The van der Waals surface area contributed by atoms with Crippen LogP contribution in [0.4, 0.5) is 4.79 Å². The topological polar surface area (TPSA) is 69.6 Å². The van der Waals surface area contributed by atoms with E-state index in [1.807, 2.05) is 23.1 Å². The lowest BCUT2D eigenvalue weighted by molar-refractivity contribution is -0.137. The van der Waals surface area contributed by atoms with E-state index in [0.29, 0.717) is 18.9 Å². The van der Waals surface area contributed by atoms with Crippen LogP contribution in [-0.2, 0) is 4.79 Å². The van der Waals surface area contributed by atoms with Crippen molar-refractivity contribution in [2.75, 3.05) is 13.1 Å². The number of likely N-dealkylation sites (tertiary alicyclic amines) is 1. The molecule has 1 aliphatic rings. The number of rotatable bonds is 5. The maximum atomic E-state index is 12.4. The Kier molecular flexibility index (Phi) is 5.81. The van der Waals surface area contributed by atoms with E-state index in [9.17, 15) is 9.59 Å². The molecule has 0 bridgehead atoms. The predicted octanol–water partition coefficient (Wildman–Crippen LogP) is 3.03. The summed E-state index contributed by atoms with van der Waals surface area (Å²) in [5, 5.41) is 11.5. The minimum Gasteiger partial charge on any atom is -0.481 e. The molecule has 2 amide bonds. The quantitative estimate of drug-likeness (QED) is 0.821. The Labute approximate surface area is 131 Å². The first-order valence-corrected chi connectivity index (χ1v) is 7.89. The molecule has 5 heteroatoms. The zero-order valence-electron chi connectivity index (χ0n) is 13.0. The van der Waals surface area contributed by atoms with Crippen LogP contribution in [0.3, 0.4) is 0 Å². The van der Waals surface area contributed by atoms with Gasteiger partial charge in [-0.05, 0) is 30.7 Å². The van der Waals surface area contributed by atoms with E-state index in [0.717, 1.165) is 24.9 Å². The molecular formula is C17H24N2O3. The summed E-state index contributed by atoms with van der Waals surface area (Å²) in [6.45, 7) is 3.30. The van der Waals surface area contributed by atoms with Gasteiger partial charge in [0, 0.05) is 19.5 Å². The van der Waals surface area contributed by atoms with Gasteiger partial charge in [-0.1, -0.05) is 37.3 Å². The van der Waals surface area contributed by atoms with Gasteiger partial charge in [0.05, 0.1) is 6.04 Å². The molecule has 1 heterocycles. The monoisotopic (exact) mass is 304 g/mol. The Morgan fingerprint density at radius 1 is 1.27 bits per heavy atom. The third-order valence-electron chi connectivity index (χ3n) is 4.11. The second kappa shape index (κ2) is 7.82. The zero-order chi connectivity index (χ0) is 15.9. The van der Waals surface area contributed by atoms with Crippen LogP contribution in [0.2, 0.25) is 0 Å². The highest BCUT2D eigenvalue weighted by Crippen LogP contribution is 2.33. The number of carboxylic acids is 1. The summed E-state index contributed by atoms with van der Waals surface area (Å²) in [4.78, 5) is 24.8. The molecule has 1 aromatic rings. The van der Waals surface area contributed by atoms with Crippen molar-refractivity contribution >= 4 is 12.0 Å².